The zero-order valence-corrected chi connectivity index (χ0v) is 20.0. The van der Waals surface area contributed by atoms with Gasteiger partial charge in [-0.1, -0.05) is 11.3 Å². The fourth-order valence-corrected chi connectivity index (χ4v) is 5.27. The third-order valence-electron chi connectivity index (χ3n) is 4.49. The van der Waals surface area contributed by atoms with Crippen LogP contribution in [0.4, 0.5) is 22.2 Å². The van der Waals surface area contributed by atoms with E-state index >= 15 is 0 Å². The highest BCUT2D eigenvalue weighted by molar-refractivity contribution is 7.93. The average molecular weight is 536 g/mol. The first-order valence-corrected chi connectivity index (χ1v) is 12.3. The first-order chi connectivity index (χ1) is 17.0. The van der Waals surface area contributed by atoms with Crippen molar-refractivity contribution in [3.63, 3.8) is 0 Å². The Morgan fingerprint density at radius 3 is 2.39 bits per heavy atom. The number of aromatic nitrogens is 1. The second-order valence-corrected chi connectivity index (χ2v) is 10.1. The van der Waals surface area contributed by atoms with Crippen LogP contribution >= 0.6 is 11.3 Å². The minimum Gasteiger partial charge on any atom is -0.452 e. The number of nitrogens with zero attached hydrogens (tertiary/aromatic N) is 3. The van der Waals surface area contributed by atoms with Gasteiger partial charge in [0.15, 0.2) is 11.7 Å². The number of hydrogen-bond donors (Lipinski definition) is 2. The zero-order chi connectivity index (χ0) is 26.5. The van der Waals surface area contributed by atoms with Crippen molar-refractivity contribution < 1.29 is 32.6 Å². The number of nitro groups is 2. The molecule has 1 heterocycles. The summed E-state index contributed by atoms with van der Waals surface area (Å²) in [4.78, 5) is 48.6. The molecule has 0 fully saturated rings. The molecular weight excluding hydrogens is 518 g/mol. The van der Waals surface area contributed by atoms with Crippen molar-refractivity contribution in [1.82, 2.24) is 4.98 Å². The van der Waals surface area contributed by atoms with Gasteiger partial charge in [0.25, 0.3) is 17.3 Å². The van der Waals surface area contributed by atoms with Gasteiger partial charge in [0, 0.05) is 24.7 Å². The van der Waals surface area contributed by atoms with Crippen molar-refractivity contribution in [2.24, 2.45) is 0 Å². The molecule has 14 nitrogen and oxygen atoms in total. The van der Waals surface area contributed by atoms with Gasteiger partial charge >= 0.3 is 5.97 Å². The summed E-state index contributed by atoms with van der Waals surface area (Å²) >= 11 is 0.628. The van der Waals surface area contributed by atoms with E-state index in [0.29, 0.717) is 17.9 Å². The molecule has 1 amide bonds. The van der Waals surface area contributed by atoms with Gasteiger partial charge in [-0.15, -0.1) is 0 Å². The third kappa shape index (κ3) is 5.97. The highest BCUT2D eigenvalue weighted by Gasteiger charge is 2.23. The lowest BCUT2D eigenvalue weighted by atomic mass is 10.1. The Morgan fingerprint density at radius 2 is 1.78 bits per heavy atom. The van der Waals surface area contributed by atoms with E-state index in [9.17, 15) is 38.2 Å². The minimum atomic E-state index is -4.04. The van der Waals surface area contributed by atoms with Crippen LogP contribution < -0.4 is 10.6 Å². The molecule has 1 aromatic heterocycles. The summed E-state index contributed by atoms with van der Waals surface area (Å²) in [5, 5.41) is 27.0. The van der Waals surface area contributed by atoms with Crippen LogP contribution in [-0.2, 0) is 19.4 Å². The Hall–Kier alpha value is -4.44. The van der Waals surface area contributed by atoms with E-state index in [1.54, 1.807) is 6.92 Å². The number of carbonyl (C=O) groups excluding carboxylic acids is 2. The standard InChI is InChI=1S/C20H17N5O9S2/c1-2-21-15-8-3-12(9-16(15)25(30)31)19(27)34-11-17(26)23-20-22-10-18(35-20)36(32,33)14-6-4-13(5-7-14)24(28)29/h3-10,21H,2,11H2,1H3,(H,22,23,26). The number of ether oxygens (including phenoxy) is 1. The second kappa shape index (κ2) is 10.9. The minimum absolute atomic E-state index is 0.0952. The van der Waals surface area contributed by atoms with Crippen LogP contribution in [0.5, 0.6) is 0 Å². The van der Waals surface area contributed by atoms with Gasteiger partial charge in [-0.05, 0) is 31.2 Å². The molecule has 0 saturated carbocycles. The molecule has 36 heavy (non-hydrogen) atoms. The van der Waals surface area contributed by atoms with Gasteiger partial charge in [-0.2, -0.15) is 0 Å². The fourth-order valence-electron chi connectivity index (χ4n) is 2.82. The molecule has 0 aliphatic rings. The number of carbonyl (C=O) groups is 2. The predicted molar refractivity (Wildman–Crippen MR) is 127 cm³/mol. The highest BCUT2D eigenvalue weighted by atomic mass is 32.2. The van der Waals surface area contributed by atoms with Gasteiger partial charge < -0.3 is 10.1 Å². The van der Waals surface area contributed by atoms with E-state index in [2.05, 4.69) is 15.6 Å². The van der Waals surface area contributed by atoms with E-state index in [-0.39, 0.29) is 36.9 Å². The van der Waals surface area contributed by atoms with Crippen LogP contribution in [0.2, 0.25) is 0 Å². The van der Waals surface area contributed by atoms with Crippen LogP contribution in [0.1, 0.15) is 17.3 Å². The maximum Gasteiger partial charge on any atom is 0.338 e. The quantitative estimate of drug-likeness (QED) is 0.219. The summed E-state index contributed by atoms with van der Waals surface area (Å²) in [5.41, 5.74) is -0.522. The number of esters is 1. The van der Waals surface area contributed by atoms with E-state index in [1.165, 1.54) is 12.1 Å². The van der Waals surface area contributed by atoms with Crippen molar-refractivity contribution in [1.29, 1.82) is 0 Å². The molecule has 0 spiro atoms. The Morgan fingerprint density at radius 1 is 1.08 bits per heavy atom. The highest BCUT2D eigenvalue weighted by Crippen LogP contribution is 2.29. The number of hydrogen-bond acceptors (Lipinski definition) is 12. The number of amides is 1. The topological polar surface area (TPSA) is 201 Å². The van der Waals surface area contributed by atoms with Gasteiger partial charge in [-0.25, -0.2) is 18.2 Å². The van der Waals surface area contributed by atoms with Crippen LogP contribution in [0, 0.1) is 20.2 Å². The largest absolute Gasteiger partial charge is 0.452 e. The third-order valence-corrected chi connectivity index (χ3v) is 7.63. The number of nitro benzene ring substituents is 2. The Kier molecular flexibility index (Phi) is 7.90. The summed E-state index contributed by atoms with van der Waals surface area (Å²) in [7, 11) is -4.04. The van der Waals surface area contributed by atoms with Gasteiger partial charge in [0.05, 0.1) is 26.5 Å². The van der Waals surface area contributed by atoms with Crippen LogP contribution in [0.25, 0.3) is 0 Å². The van der Waals surface area contributed by atoms with E-state index in [1.807, 2.05) is 0 Å². The van der Waals surface area contributed by atoms with E-state index in [4.69, 9.17) is 4.74 Å². The number of nitrogens with one attached hydrogen (secondary N) is 2. The average Bonchev–Trinajstić information content (AvgIpc) is 3.32. The fraction of sp³-hybridized carbons (Fsp3) is 0.150. The molecule has 0 aliphatic heterocycles. The zero-order valence-electron chi connectivity index (χ0n) is 18.4. The lowest BCUT2D eigenvalue weighted by Crippen LogP contribution is -2.20. The van der Waals surface area contributed by atoms with Crippen molar-refractivity contribution >= 4 is 55.2 Å². The molecule has 188 valence electrons. The number of non-ortho nitro benzene ring substituents is 1. The molecule has 0 radical (unpaired) electrons. The molecule has 0 aliphatic carbocycles. The smallest absolute Gasteiger partial charge is 0.338 e. The maximum absolute atomic E-state index is 12.7. The van der Waals surface area contributed by atoms with E-state index in [0.717, 1.165) is 36.5 Å². The Labute approximate surface area is 207 Å². The van der Waals surface area contributed by atoms with Crippen LogP contribution in [0.3, 0.4) is 0 Å². The monoisotopic (exact) mass is 535 g/mol. The van der Waals surface area contributed by atoms with Crippen molar-refractivity contribution in [2.45, 2.75) is 16.0 Å². The second-order valence-electron chi connectivity index (χ2n) is 6.88. The number of benzene rings is 2. The molecule has 16 heteroatoms. The summed E-state index contributed by atoms with van der Waals surface area (Å²) in [6.45, 7) is 1.42. The molecular formula is C20H17N5O9S2. The molecule has 0 unspecified atom stereocenters. The molecule has 3 rings (SSSR count). The molecule has 0 bridgehead atoms. The number of sulfone groups is 1. The molecule has 3 aromatic rings. The number of rotatable bonds is 10. The van der Waals surface area contributed by atoms with Gasteiger partial charge in [0.2, 0.25) is 9.84 Å². The summed E-state index contributed by atoms with van der Waals surface area (Å²) < 4.78 is 30.0. The Bertz CT molecular complexity index is 1440. The molecule has 0 saturated heterocycles. The van der Waals surface area contributed by atoms with Crippen molar-refractivity contribution in [3.05, 3.63) is 74.5 Å². The van der Waals surface area contributed by atoms with Crippen LogP contribution in [0.15, 0.2) is 57.8 Å². The lowest BCUT2D eigenvalue weighted by Gasteiger charge is -2.07. The van der Waals surface area contributed by atoms with Crippen molar-refractivity contribution in [2.75, 3.05) is 23.8 Å². The number of anilines is 2. The summed E-state index contributed by atoms with van der Waals surface area (Å²) in [5.74, 6) is -1.80. The summed E-state index contributed by atoms with van der Waals surface area (Å²) in [6.07, 6.45) is 1.01. The first-order valence-electron chi connectivity index (χ1n) is 9.97. The lowest BCUT2D eigenvalue weighted by molar-refractivity contribution is -0.384. The van der Waals surface area contributed by atoms with Crippen LogP contribution in [-0.4, -0.2) is 48.3 Å². The molecule has 2 aromatic carbocycles. The Balaban J connectivity index is 1.63. The predicted octanol–water partition coefficient (Wildman–Crippen LogP) is 3.02. The summed E-state index contributed by atoms with van der Waals surface area (Å²) in [6, 6.07) is 7.94. The molecule has 2 N–H and O–H groups in total. The molecule has 0 atom stereocenters. The van der Waals surface area contributed by atoms with Crippen molar-refractivity contribution in [3.8, 4) is 0 Å². The maximum atomic E-state index is 12.7. The first kappa shape index (κ1) is 26.2. The van der Waals surface area contributed by atoms with Gasteiger partial charge in [-0.3, -0.25) is 30.3 Å². The number of thiazole rings is 1. The normalized spacial score (nSPS) is 10.9. The SMILES string of the molecule is CCNc1ccc(C(=O)OCC(=O)Nc2ncc(S(=O)(=O)c3ccc([N+](=O)[O-])cc3)s2)cc1[N+](=O)[O-]. The van der Waals surface area contributed by atoms with E-state index < -0.39 is 38.2 Å². The van der Waals surface area contributed by atoms with Gasteiger partial charge in [0.1, 0.15) is 9.90 Å².